The molecule has 2 aliphatic rings. The van der Waals surface area contributed by atoms with Gasteiger partial charge < -0.3 is 50.0 Å². The number of halogens is 3. The largest absolute Gasteiger partial charge is 0.394 e. The van der Waals surface area contributed by atoms with Crippen LogP contribution in [0.5, 0.6) is 0 Å². The van der Waals surface area contributed by atoms with Gasteiger partial charge in [-0.2, -0.15) is 0 Å². The normalized spacial score (nSPS) is 45.3. The van der Waals surface area contributed by atoms with Gasteiger partial charge in [0.1, 0.15) is 36.6 Å². The number of hydrogen-bond donors (Lipinski definition) is 7. The minimum atomic E-state index is -1.64. The van der Waals surface area contributed by atoms with Gasteiger partial charge in [0.15, 0.2) is 12.6 Å². The van der Waals surface area contributed by atoms with E-state index in [1.807, 2.05) is 0 Å². The van der Waals surface area contributed by atoms with Crippen molar-refractivity contribution in [1.29, 1.82) is 0 Å². The van der Waals surface area contributed by atoms with Crippen LogP contribution in [0.2, 0.25) is 0 Å². The smallest absolute Gasteiger partial charge is 0.187 e. The standard InChI is InChI=1S/C13H24O10.CHI3/c1-4-7(16)11(6(3-15)21-12(4)20)23-13-10(19)9(18)8(17)5(2-14)22-13;2-1(3)4/h4-20H,2-3H2,1H3;1H. The maximum absolute atomic E-state index is 10.2. The molecule has 0 bridgehead atoms. The summed E-state index contributed by atoms with van der Waals surface area (Å²) in [5, 5.41) is 67.7. The van der Waals surface area contributed by atoms with E-state index >= 15 is 0 Å². The summed E-state index contributed by atoms with van der Waals surface area (Å²) in [6.07, 6.45) is -12.2. The van der Waals surface area contributed by atoms with Crippen LogP contribution >= 0.6 is 67.8 Å². The Labute approximate surface area is 197 Å². The molecule has 2 fully saturated rings. The summed E-state index contributed by atoms with van der Waals surface area (Å²) in [4.78, 5) is 0. The predicted octanol–water partition coefficient (Wildman–Crippen LogP) is -1.55. The molecule has 0 aromatic carbocycles. The fourth-order valence-corrected chi connectivity index (χ4v) is 2.72. The summed E-state index contributed by atoms with van der Waals surface area (Å²) < 4.78 is 16.5. The van der Waals surface area contributed by atoms with E-state index < -0.39 is 74.4 Å². The number of aliphatic hydroxyl groups excluding tert-OH is 7. The van der Waals surface area contributed by atoms with Gasteiger partial charge in [-0.05, 0) is 0 Å². The molecular weight excluding hydrogens is 709 g/mol. The lowest BCUT2D eigenvalue weighted by molar-refractivity contribution is -0.349. The van der Waals surface area contributed by atoms with Crippen molar-refractivity contribution in [2.75, 3.05) is 13.2 Å². The Balaban J connectivity index is 0.000000828. The van der Waals surface area contributed by atoms with E-state index in [-0.39, 0.29) is 0 Å². The molecule has 0 aromatic heterocycles. The van der Waals surface area contributed by atoms with Crippen molar-refractivity contribution < 1.29 is 50.0 Å². The SMILES string of the molecule is CC1C(O)OC(CO)C(OC2OC(CO)C(O)C(O)C2O)C1O.IC(I)I. The van der Waals surface area contributed by atoms with Gasteiger partial charge in [-0.15, -0.1) is 0 Å². The fraction of sp³-hybridized carbons (Fsp3) is 1.00. The summed E-state index contributed by atoms with van der Waals surface area (Å²) in [7, 11) is 0. The second kappa shape index (κ2) is 12.6. The van der Waals surface area contributed by atoms with Gasteiger partial charge in [0, 0.05) is 5.92 Å². The van der Waals surface area contributed by atoms with Crippen LogP contribution in [0.25, 0.3) is 0 Å². The van der Waals surface area contributed by atoms with E-state index in [0.717, 1.165) is -0.0619 Å². The second-order valence-electron chi connectivity index (χ2n) is 6.14. The van der Waals surface area contributed by atoms with Crippen molar-refractivity contribution in [2.24, 2.45) is 5.92 Å². The highest BCUT2D eigenvalue weighted by Gasteiger charge is 2.49. The predicted molar refractivity (Wildman–Crippen MR) is 118 cm³/mol. The molecule has 27 heavy (non-hydrogen) atoms. The van der Waals surface area contributed by atoms with Crippen molar-refractivity contribution in [3.05, 3.63) is 0 Å². The lowest BCUT2D eigenvalue weighted by Gasteiger charge is -2.45. The molecule has 2 heterocycles. The molecule has 0 amide bonds. The Morgan fingerprint density at radius 2 is 1.33 bits per heavy atom. The molecule has 2 saturated heterocycles. The van der Waals surface area contributed by atoms with E-state index in [4.69, 9.17) is 19.3 Å². The lowest BCUT2D eigenvalue weighted by Crippen LogP contribution is -2.63. The highest BCUT2D eigenvalue weighted by molar-refractivity contribution is 14.3. The third-order valence-corrected chi connectivity index (χ3v) is 4.33. The summed E-state index contributed by atoms with van der Waals surface area (Å²) >= 11 is 6.95. The van der Waals surface area contributed by atoms with Crippen molar-refractivity contribution in [2.45, 2.75) is 62.2 Å². The molecule has 7 N–H and O–H groups in total. The van der Waals surface area contributed by atoms with Gasteiger partial charge in [-0.25, -0.2) is 0 Å². The van der Waals surface area contributed by atoms with Crippen LogP contribution in [0, 0.1) is 5.92 Å². The highest BCUT2D eigenvalue weighted by atomic mass is 127. The molecule has 10 atom stereocenters. The van der Waals surface area contributed by atoms with Gasteiger partial charge >= 0.3 is 0 Å². The summed E-state index contributed by atoms with van der Waals surface area (Å²) in [5.74, 6) is -0.729. The van der Waals surface area contributed by atoms with Crippen LogP contribution in [0.1, 0.15) is 6.92 Å². The molecule has 0 aliphatic carbocycles. The third kappa shape index (κ3) is 7.46. The minimum absolute atomic E-state index is 0.567. The molecule has 10 nitrogen and oxygen atoms in total. The van der Waals surface area contributed by atoms with Crippen molar-refractivity contribution in [3.63, 3.8) is 0 Å². The zero-order valence-electron chi connectivity index (χ0n) is 14.3. The van der Waals surface area contributed by atoms with Crippen LogP contribution in [0.3, 0.4) is 0 Å². The van der Waals surface area contributed by atoms with Crippen LogP contribution in [0.15, 0.2) is 0 Å². The first-order chi connectivity index (χ1) is 12.5. The van der Waals surface area contributed by atoms with Gasteiger partial charge in [-0.1, -0.05) is 74.7 Å². The van der Waals surface area contributed by atoms with E-state index in [2.05, 4.69) is 67.8 Å². The number of aliphatic hydroxyl groups is 7. The Bertz CT molecular complexity index is 427. The number of rotatable bonds is 4. The lowest BCUT2D eigenvalue weighted by atomic mass is 9.92. The van der Waals surface area contributed by atoms with Crippen LogP contribution in [-0.4, -0.2) is 104 Å². The number of ether oxygens (including phenoxy) is 3. The average Bonchev–Trinajstić information content (AvgIpc) is 2.61. The molecule has 0 radical (unpaired) electrons. The Morgan fingerprint density at radius 3 is 1.81 bits per heavy atom. The molecule has 0 spiro atoms. The molecular formula is C14H25I3O10. The molecule has 13 heteroatoms. The van der Waals surface area contributed by atoms with Crippen molar-refractivity contribution in [3.8, 4) is 0 Å². The number of alkyl halides is 3. The van der Waals surface area contributed by atoms with Gasteiger partial charge in [0.05, 0.1) is 19.3 Å². The molecule has 162 valence electrons. The fourth-order valence-electron chi connectivity index (χ4n) is 2.72. The third-order valence-electron chi connectivity index (χ3n) is 4.33. The Hall–Kier alpha value is 1.79. The maximum Gasteiger partial charge on any atom is 0.187 e. The first-order valence-corrected chi connectivity index (χ1v) is 11.8. The quantitative estimate of drug-likeness (QED) is 0.133. The van der Waals surface area contributed by atoms with E-state index in [1.165, 1.54) is 6.92 Å². The maximum atomic E-state index is 10.2. The van der Waals surface area contributed by atoms with E-state index in [9.17, 15) is 30.6 Å². The minimum Gasteiger partial charge on any atom is -0.394 e. The summed E-state index contributed by atoms with van der Waals surface area (Å²) in [6.45, 7) is 0.322. The summed E-state index contributed by atoms with van der Waals surface area (Å²) in [5.41, 5.74) is 0. The average molecular weight is 734 g/mol. The van der Waals surface area contributed by atoms with Gasteiger partial charge in [0.2, 0.25) is 0 Å². The zero-order valence-corrected chi connectivity index (χ0v) is 20.7. The van der Waals surface area contributed by atoms with Crippen molar-refractivity contribution >= 4 is 67.8 Å². The Kier molecular flexibility index (Phi) is 12.5. The highest BCUT2D eigenvalue weighted by Crippen LogP contribution is 2.30. The van der Waals surface area contributed by atoms with Crippen LogP contribution in [0.4, 0.5) is 0 Å². The molecule has 0 saturated carbocycles. The van der Waals surface area contributed by atoms with Crippen LogP contribution < -0.4 is 0 Å². The van der Waals surface area contributed by atoms with Gasteiger partial charge in [-0.3, -0.25) is 0 Å². The molecule has 0 aromatic rings. The van der Waals surface area contributed by atoms with Crippen molar-refractivity contribution in [1.82, 2.24) is 0 Å². The first-order valence-electron chi connectivity index (χ1n) is 8.05. The van der Waals surface area contributed by atoms with Gasteiger partial charge in [0.25, 0.3) is 0 Å². The van der Waals surface area contributed by atoms with E-state index in [0.29, 0.717) is 0 Å². The molecule has 10 unspecified atom stereocenters. The summed E-state index contributed by atoms with van der Waals surface area (Å²) in [6, 6.07) is 0. The molecule has 2 aliphatic heterocycles. The van der Waals surface area contributed by atoms with Crippen LogP contribution in [-0.2, 0) is 14.2 Å². The molecule has 2 rings (SSSR count). The first kappa shape index (κ1) is 26.8. The topological polar surface area (TPSA) is 169 Å². The second-order valence-corrected chi connectivity index (χ2v) is 17.0. The number of hydrogen-bond acceptors (Lipinski definition) is 10. The zero-order chi connectivity index (χ0) is 20.9. The Morgan fingerprint density at radius 1 is 0.815 bits per heavy atom. The monoisotopic (exact) mass is 734 g/mol. The van der Waals surface area contributed by atoms with E-state index in [1.54, 1.807) is 0 Å².